The lowest BCUT2D eigenvalue weighted by molar-refractivity contribution is 0.628. The van der Waals surface area contributed by atoms with Crippen molar-refractivity contribution in [3.8, 4) is 0 Å². The van der Waals surface area contributed by atoms with Crippen LogP contribution in [0.5, 0.6) is 0 Å². The molecule has 1 aromatic rings. The van der Waals surface area contributed by atoms with Gasteiger partial charge in [0.2, 0.25) is 0 Å². The van der Waals surface area contributed by atoms with Crippen LogP contribution in [0.15, 0.2) is 34.5 Å². The van der Waals surface area contributed by atoms with Gasteiger partial charge in [-0.3, -0.25) is 0 Å². The molecular formula is C11H13FN2S. The van der Waals surface area contributed by atoms with Gasteiger partial charge in [-0.05, 0) is 31.0 Å². The first-order valence-corrected chi connectivity index (χ1v) is 5.14. The number of thiol groups is 1. The van der Waals surface area contributed by atoms with Crippen LogP contribution >= 0.6 is 12.6 Å². The van der Waals surface area contributed by atoms with Crippen LogP contribution < -0.4 is 0 Å². The highest BCUT2D eigenvalue weighted by Gasteiger charge is 1.97. The van der Waals surface area contributed by atoms with Crippen molar-refractivity contribution in [2.24, 2.45) is 10.2 Å². The first kappa shape index (κ1) is 11.9. The first-order valence-electron chi connectivity index (χ1n) is 4.69. The SMILES string of the molecule is CCC(S)=NN=C(C)c1ccc(F)cc1. The molecule has 0 spiro atoms. The van der Waals surface area contributed by atoms with Gasteiger partial charge >= 0.3 is 0 Å². The highest BCUT2D eigenvalue weighted by atomic mass is 32.1. The molecule has 0 atom stereocenters. The van der Waals surface area contributed by atoms with E-state index in [9.17, 15) is 4.39 Å². The van der Waals surface area contributed by atoms with Crippen molar-refractivity contribution in [2.45, 2.75) is 20.3 Å². The van der Waals surface area contributed by atoms with E-state index in [-0.39, 0.29) is 5.82 Å². The average molecular weight is 224 g/mol. The third kappa shape index (κ3) is 3.83. The van der Waals surface area contributed by atoms with E-state index in [1.54, 1.807) is 12.1 Å². The Morgan fingerprint density at radius 2 is 1.87 bits per heavy atom. The van der Waals surface area contributed by atoms with Crippen LogP contribution in [0.2, 0.25) is 0 Å². The molecule has 80 valence electrons. The topological polar surface area (TPSA) is 24.7 Å². The van der Waals surface area contributed by atoms with Crippen LogP contribution in [0.25, 0.3) is 0 Å². The summed E-state index contributed by atoms with van der Waals surface area (Å²) in [5.41, 5.74) is 1.60. The Morgan fingerprint density at radius 3 is 2.40 bits per heavy atom. The van der Waals surface area contributed by atoms with Crippen LogP contribution in [-0.4, -0.2) is 10.8 Å². The predicted molar refractivity (Wildman–Crippen MR) is 65.3 cm³/mol. The standard InChI is InChI=1S/C11H13FN2S/c1-3-11(15)14-13-8(2)9-4-6-10(12)7-5-9/h4-7H,3H2,1-2H3,(H,14,15). The molecule has 0 aromatic heterocycles. The quantitative estimate of drug-likeness (QED) is 0.353. The second-order valence-corrected chi connectivity index (χ2v) is 3.58. The monoisotopic (exact) mass is 224 g/mol. The summed E-state index contributed by atoms with van der Waals surface area (Å²) in [6.07, 6.45) is 0.753. The van der Waals surface area contributed by atoms with Gasteiger partial charge in [0, 0.05) is 0 Å². The zero-order valence-corrected chi connectivity index (χ0v) is 9.63. The molecule has 2 nitrogen and oxygen atoms in total. The molecule has 0 heterocycles. The molecule has 0 saturated heterocycles. The van der Waals surface area contributed by atoms with Gasteiger partial charge in [-0.2, -0.15) is 5.10 Å². The van der Waals surface area contributed by atoms with E-state index in [1.165, 1.54) is 12.1 Å². The fourth-order valence-electron chi connectivity index (χ4n) is 0.952. The number of nitrogens with zero attached hydrogens (tertiary/aromatic N) is 2. The number of halogens is 1. The van der Waals surface area contributed by atoms with Gasteiger partial charge < -0.3 is 0 Å². The number of benzene rings is 1. The Morgan fingerprint density at radius 1 is 1.27 bits per heavy atom. The van der Waals surface area contributed by atoms with Gasteiger partial charge in [0.15, 0.2) is 0 Å². The van der Waals surface area contributed by atoms with Crippen LogP contribution in [0.4, 0.5) is 4.39 Å². The molecule has 0 saturated carbocycles. The smallest absolute Gasteiger partial charge is 0.123 e. The molecule has 1 rings (SSSR count). The molecule has 0 aliphatic heterocycles. The highest BCUT2D eigenvalue weighted by Crippen LogP contribution is 2.05. The summed E-state index contributed by atoms with van der Waals surface area (Å²) in [7, 11) is 0. The summed E-state index contributed by atoms with van der Waals surface area (Å²) >= 11 is 4.12. The van der Waals surface area contributed by atoms with Crippen LogP contribution in [0.3, 0.4) is 0 Å². The number of hydrogen-bond acceptors (Lipinski definition) is 2. The van der Waals surface area contributed by atoms with Gasteiger partial charge in [0.1, 0.15) is 5.82 Å². The molecular weight excluding hydrogens is 211 g/mol. The van der Waals surface area contributed by atoms with E-state index >= 15 is 0 Å². The Bertz CT molecular complexity index is 382. The molecule has 0 aliphatic rings. The second-order valence-electron chi connectivity index (χ2n) is 3.06. The minimum Gasteiger partial charge on any atom is -0.207 e. The summed E-state index contributed by atoms with van der Waals surface area (Å²) in [6, 6.07) is 6.15. The van der Waals surface area contributed by atoms with Crippen molar-refractivity contribution in [1.29, 1.82) is 0 Å². The molecule has 0 aliphatic carbocycles. The normalized spacial score (nSPS) is 13.1. The molecule has 0 radical (unpaired) electrons. The lowest BCUT2D eigenvalue weighted by Crippen LogP contribution is -1.94. The molecule has 0 fully saturated rings. The molecule has 0 amide bonds. The fourth-order valence-corrected chi connectivity index (χ4v) is 0.997. The summed E-state index contributed by atoms with van der Waals surface area (Å²) in [5, 5.41) is 8.59. The molecule has 0 unspecified atom stereocenters. The van der Waals surface area contributed by atoms with E-state index < -0.39 is 0 Å². The van der Waals surface area contributed by atoms with E-state index in [2.05, 4.69) is 22.8 Å². The maximum Gasteiger partial charge on any atom is 0.123 e. The van der Waals surface area contributed by atoms with E-state index in [4.69, 9.17) is 0 Å². The Hall–Kier alpha value is -1.16. The molecule has 1 aromatic carbocycles. The maximum absolute atomic E-state index is 12.6. The van der Waals surface area contributed by atoms with Gasteiger partial charge in [0.25, 0.3) is 0 Å². The molecule has 0 N–H and O–H groups in total. The van der Waals surface area contributed by atoms with Gasteiger partial charge in [0.05, 0.1) is 10.8 Å². The summed E-state index contributed by atoms with van der Waals surface area (Å²) in [5.74, 6) is -0.251. The van der Waals surface area contributed by atoms with Crippen molar-refractivity contribution in [1.82, 2.24) is 0 Å². The average Bonchev–Trinajstić information content (AvgIpc) is 2.26. The van der Waals surface area contributed by atoms with Gasteiger partial charge in [-0.1, -0.05) is 19.1 Å². The highest BCUT2D eigenvalue weighted by molar-refractivity contribution is 7.97. The van der Waals surface area contributed by atoms with Crippen molar-refractivity contribution in [3.63, 3.8) is 0 Å². The largest absolute Gasteiger partial charge is 0.207 e. The Labute approximate surface area is 94.3 Å². The number of rotatable bonds is 3. The zero-order valence-electron chi connectivity index (χ0n) is 8.74. The predicted octanol–water partition coefficient (Wildman–Crippen LogP) is 3.29. The summed E-state index contributed by atoms with van der Waals surface area (Å²) in [6.45, 7) is 3.78. The van der Waals surface area contributed by atoms with Gasteiger partial charge in [-0.15, -0.1) is 17.7 Å². The Balaban J connectivity index is 2.85. The third-order valence-corrected chi connectivity index (χ3v) is 2.30. The minimum absolute atomic E-state index is 0.251. The summed E-state index contributed by atoms with van der Waals surface area (Å²) < 4.78 is 12.6. The molecule has 4 heteroatoms. The Kier molecular flexibility index (Phi) is 4.49. The summed E-state index contributed by atoms with van der Waals surface area (Å²) in [4.78, 5) is 0. The minimum atomic E-state index is -0.251. The van der Waals surface area contributed by atoms with Crippen molar-refractivity contribution in [2.75, 3.05) is 0 Å². The van der Waals surface area contributed by atoms with Crippen LogP contribution in [0.1, 0.15) is 25.8 Å². The van der Waals surface area contributed by atoms with Crippen LogP contribution in [0, 0.1) is 5.82 Å². The first-order chi connectivity index (χ1) is 7.13. The fraction of sp³-hybridized carbons (Fsp3) is 0.273. The molecule has 15 heavy (non-hydrogen) atoms. The number of hydrogen-bond donors (Lipinski definition) is 1. The van der Waals surface area contributed by atoms with Crippen molar-refractivity contribution in [3.05, 3.63) is 35.6 Å². The lowest BCUT2D eigenvalue weighted by atomic mass is 10.1. The zero-order chi connectivity index (χ0) is 11.3. The van der Waals surface area contributed by atoms with Crippen molar-refractivity contribution < 1.29 is 4.39 Å². The van der Waals surface area contributed by atoms with Crippen LogP contribution in [-0.2, 0) is 0 Å². The molecule has 0 bridgehead atoms. The van der Waals surface area contributed by atoms with Gasteiger partial charge in [-0.25, -0.2) is 4.39 Å². The second kappa shape index (κ2) is 5.66. The lowest BCUT2D eigenvalue weighted by Gasteiger charge is -1.98. The maximum atomic E-state index is 12.6. The van der Waals surface area contributed by atoms with E-state index in [1.807, 2.05) is 13.8 Å². The van der Waals surface area contributed by atoms with Crippen molar-refractivity contribution >= 4 is 23.4 Å². The van der Waals surface area contributed by atoms with E-state index in [0.717, 1.165) is 17.7 Å². The third-order valence-electron chi connectivity index (χ3n) is 1.89. The van der Waals surface area contributed by atoms with E-state index in [0.29, 0.717) is 5.04 Å².